The summed E-state index contributed by atoms with van der Waals surface area (Å²) in [6, 6.07) is 0. The Morgan fingerprint density at radius 3 is 1.96 bits per heavy atom. The molecule has 25 heavy (non-hydrogen) atoms. The molecule has 0 saturated heterocycles. The molecule has 0 radical (unpaired) electrons. The monoisotopic (exact) mass is 371 g/mol. The maximum atomic E-state index is 12.2. The van der Waals surface area contributed by atoms with Gasteiger partial charge >= 0.3 is 12.1 Å². The van der Waals surface area contributed by atoms with Crippen molar-refractivity contribution in [2.75, 3.05) is 13.2 Å². The lowest BCUT2D eigenvalue weighted by atomic mass is 10.0. The number of nitrogens with one attached hydrogen (secondary N) is 1. The van der Waals surface area contributed by atoms with Gasteiger partial charge in [0.15, 0.2) is 13.9 Å². The number of esters is 1. The molecule has 0 aromatic rings. The van der Waals surface area contributed by atoms with E-state index in [0.717, 1.165) is 0 Å². The van der Waals surface area contributed by atoms with Gasteiger partial charge in [-0.05, 0) is 38.9 Å². The summed E-state index contributed by atoms with van der Waals surface area (Å²) in [6.07, 6.45) is 4.98. The Labute approximate surface area is 153 Å². The average Bonchev–Trinajstić information content (AvgIpc) is 2.38. The van der Waals surface area contributed by atoms with E-state index in [9.17, 15) is 9.59 Å². The van der Waals surface area contributed by atoms with Crippen molar-refractivity contribution in [1.29, 1.82) is 0 Å². The third kappa shape index (κ3) is 8.41. The van der Waals surface area contributed by atoms with E-state index in [0.29, 0.717) is 0 Å². The molecule has 0 spiro atoms. The number of hydrogen-bond donors (Lipinski definition) is 1. The van der Waals surface area contributed by atoms with E-state index < -0.39 is 31.5 Å². The molecule has 0 fully saturated rings. The van der Waals surface area contributed by atoms with Crippen LogP contribution in [0.1, 0.15) is 48.5 Å². The zero-order chi connectivity index (χ0) is 20.1. The Kier molecular flexibility index (Phi) is 7.74. The van der Waals surface area contributed by atoms with Crippen LogP contribution in [0.4, 0.5) is 4.79 Å². The highest BCUT2D eigenvalue weighted by molar-refractivity contribution is 6.74. The number of hydrogen-bond acceptors (Lipinski definition) is 5. The number of ether oxygens (including phenoxy) is 2. The number of amides is 1. The molecule has 0 aromatic heterocycles. The summed E-state index contributed by atoms with van der Waals surface area (Å²) in [5.74, 6) is 2.03. The lowest BCUT2D eigenvalue weighted by Crippen LogP contribution is -2.58. The van der Waals surface area contributed by atoms with Gasteiger partial charge in [0.05, 0.1) is 6.61 Å². The molecule has 0 aliphatic heterocycles. The Morgan fingerprint density at radius 2 is 1.60 bits per heavy atom. The van der Waals surface area contributed by atoms with E-state index in [1.807, 2.05) is 0 Å². The van der Waals surface area contributed by atoms with Crippen molar-refractivity contribution in [3.8, 4) is 12.3 Å². The second-order valence-electron chi connectivity index (χ2n) is 8.68. The summed E-state index contributed by atoms with van der Waals surface area (Å²) >= 11 is 0. The Bertz CT molecular complexity index is 525. The van der Waals surface area contributed by atoms with Crippen LogP contribution >= 0.6 is 0 Å². The standard InChI is InChI=1S/C18H33NO5Si/c1-11-18(12-22-14(2)20,19-15(21)24-16(3,4)5)13-23-25(9,10)17(6,7)8/h1H,12-13H2,2-10H3,(H,19,21)/t18-/m1/s1. The SMILES string of the molecule is C#C[C@@](COC(C)=O)(CO[Si](C)(C)C(C)(C)C)NC(=O)OC(C)(C)C. The third-order valence-corrected chi connectivity index (χ3v) is 8.50. The Hall–Kier alpha value is -1.52. The van der Waals surface area contributed by atoms with Crippen molar-refractivity contribution >= 4 is 20.4 Å². The average molecular weight is 372 g/mol. The molecular formula is C18H33NO5Si. The minimum absolute atomic E-state index is 0.0271. The maximum Gasteiger partial charge on any atom is 0.409 e. The lowest BCUT2D eigenvalue weighted by Gasteiger charge is -2.39. The van der Waals surface area contributed by atoms with Gasteiger partial charge in [-0.3, -0.25) is 10.1 Å². The summed E-state index contributed by atoms with van der Waals surface area (Å²) in [6.45, 7) is 16.8. The minimum atomic E-state index is -2.11. The lowest BCUT2D eigenvalue weighted by molar-refractivity contribution is -0.142. The van der Waals surface area contributed by atoms with Crippen LogP contribution in [0.2, 0.25) is 18.1 Å². The van der Waals surface area contributed by atoms with Crippen molar-refractivity contribution in [2.24, 2.45) is 0 Å². The summed E-state index contributed by atoms with van der Waals surface area (Å²) in [5, 5.41) is 2.61. The molecule has 0 aromatic carbocycles. The summed E-state index contributed by atoms with van der Waals surface area (Å²) < 4.78 is 16.5. The van der Waals surface area contributed by atoms with Crippen LogP contribution in [-0.4, -0.2) is 44.7 Å². The van der Waals surface area contributed by atoms with E-state index in [-0.39, 0.29) is 18.3 Å². The van der Waals surface area contributed by atoms with Gasteiger partial charge in [-0.1, -0.05) is 26.7 Å². The van der Waals surface area contributed by atoms with Gasteiger partial charge in [0.1, 0.15) is 12.2 Å². The highest BCUT2D eigenvalue weighted by atomic mass is 28.4. The van der Waals surface area contributed by atoms with Crippen molar-refractivity contribution in [3.05, 3.63) is 0 Å². The summed E-state index contributed by atoms with van der Waals surface area (Å²) in [4.78, 5) is 23.4. The molecule has 7 heteroatoms. The predicted octanol–water partition coefficient (Wildman–Crippen LogP) is 3.47. The maximum absolute atomic E-state index is 12.2. The number of alkyl carbamates (subject to hydrolysis) is 1. The molecular weight excluding hydrogens is 338 g/mol. The van der Waals surface area contributed by atoms with Gasteiger partial charge in [0.2, 0.25) is 0 Å². The fourth-order valence-electron chi connectivity index (χ4n) is 1.48. The second-order valence-corrected chi connectivity index (χ2v) is 13.5. The third-order valence-electron chi connectivity index (χ3n) is 4.02. The van der Waals surface area contributed by atoms with Crippen LogP contribution in [0.15, 0.2) is 0 Å². The zero-order valence-corrected chi connectivity index (χ0v) is 18.0. The number of terminal acetylenes is 1. The fraction of sp³-hybridized carbons (Fsp3) is 0.778. The molecule has 0 heterocycles. The molecule has 0 saturated carbocycles. The summed E-state index contributed by atoms with van der Waals surface area (Å²) in [5.41, 5.74) is -1.96. The van der Waals surface area contributed by atoms with Crippen LogP contribution < -0.4 is 5.32 Å². The van der Waals surface area contributed by atoms with Crippen LogP contribution in [0.3, 0.4) is 0 Å². The van der Waals surface area contributed by atoms with Gasteiger partial charge in [0.25, 0.3) is 0 Å². The molecule has 0 rings (SSSR count). The topological polar surface area (TPSA) is 73.9 Å². The first-order valence-corrected chi connectivity index (χ1v) is 11.2. The first-order chi connectivity index (χ1) is 11.0. The van der Waals surface area contributed by atoms with E-state index in [2.05, 4.69) is 45.1 Å². The molecule has 0 unspecified atom stereocenters. The zero-order valence-electron chi connectivity index (χ0n) is 17.0. The van der Waals surface area contributed by atoms with Gasteiger partial charge in [0, 0.05) is 6.92 Å². The molecule has 6 nitrogen and oxygen atoms in total. The number of carbonyl (C=O) groups excluding carboxylic acids is 2. The molecule has 0 aliphatic rings. The second kappa shape index (κ2) is 8.24. The normalized spacial score (nSPS) is 14.9. The molecule has 1 N–H and O–H groups in total. The molecule has 0 bridgehead atoms. The molecule has 144 valence electrons. The van der Waals surface area contributed by atoms with Crippen molar-refractivity contribution < 1.29 is 23.5 Å². The smallest absolute Gasteiger partial charge is 0.409 e. The van der Waals surface area contributed by atoms with Crippen molar-refractivity contribution in [1.82, 2.24) is 5.32 Å². The largest absolute Gasteiger partial charge is 0.462 e. The minimum Gasteiger partial charge on any atom is -0.462 e. The molecule has 0 aliphatic carbocycles. The summed E-state index contributed by atoms with van der Waals surface area (Å²) in [7, 11) is -2.11. The first-order valence-electron chi connectivity index (χ1n) is 8.30. The predicted molar refractivity (Wildman–Crippen MR) is 101 cm³/mol. The van der Waals surface area contributed by atoms with Gasteiger partial charge in [-0.25, -0.2) is 4.79 Å². The van der Waals surface area contributed by atoms with Gasteiger partial charge in [-0.2, -0.15) is 0 Å². The van der Waals surface area contributed by atoms with E-state index in [1.165, 1.54) is 6.92 Å². The molecule has 1 amide bonds. The van der Waals surface area contributed by atoms with Crippen LogP contribution in [0, 0.1) is 12.3 Å². The van der Waals surface area contributed by atoms with Crippen LogP contribution in [0.5, 0.6) is 0 Å². The number of carbonyl (C=O) groups is 2. The molecule has 1 atom stereocenters. The number of rotatable bonds is 6. The van der Waals surface area contributed by atoms with Gasteiger partial charge < -0.3 is 13.9 Å². The Morgan fingerprint density at radius 1 is 1.08 bits per heavy atom. The van der Waals surface area contributed by atoms with E-state index in [1.54, 1.807) is 20.8 Å². The quantitative estimate of drug-likeness (QED) is 0.440. The van der Waals surface area contributed by atoms with Crippen LogP contribution in [0.25, 0.3) is 0 Å². The fourth-order valence-corrected chi connectivity index (χ4v) is 2.52. The highest BCUT2D eigenvalue weighted by Gasteiger charge is 2.41. The van der Waals surface area contributed by atoms with Gasteiger partial charge in [-0.15, -0.1) is 6.42 Å². The van der Waals surface area contributed by atoms with E-state index >= 15 is 0 Å². The Balaban J connectivity index is 5.35. The highest BCUT2D eigenvalue weighted by Crippen LogP contribution is 2.37. The van der Waals surface area contributed by atoms with E-state index in [4.69, 9.17) is 20.3 Å². The van der Waals surface area contributed by atoms with Crippen molar-refractivity contribution in [3.63, 3.8) is 0 Å². The first kappa shape index (κ1) is 23.5. The van der Waals surface area contributed by atoms with Crippen molar-refractivity contribution in [2.45, 2.75) is 77.7 Å². The van der Waals surface area contributed by atoms with Crippen LogP contribution in [-0.2, 0) is 18.7 Å².